The van der Waals surface area contributed by atoms with Crippen molar-refractivity contribution in [1.29, 1.82) is 5.26 Å². The fourth-order valence-corrected chi connectivity index (χ4v) is 5.50. The lowest BCUT2D eigenvalue weighted by atomic mass is 10.0. The molecule has 0 N–H and O–H groups in total. The zero-order valence-corrected chi connectivity index (χ0v) is 20.6. The molecule has 0 saturated carbocycles. The summed E-state index contributed by atoms with van der Waals surface area (Å²) in [4.78, 5) is 30.6. The van der Waals surface area contributed by atoms with Crippen LogP contribution in [0.2, 0.25) is 0 Å². The molecule has 172 valence electrons. The van der Waals surface area contributed by atoms with Gasteiger partial charge in [-0.15, -0.1) is 0 Å². The lowest BCUT2D eigenvalue weighted by Crippen LogP contribution is -2.37. The first-order valence-corrected chi connectivity index (χ1v) is 12.3. The Labute approximate surface area is 199 Å². The maximum Gasteiger partial charge on any atom is 0.270 e. The van der Waals surface area contributed by atoms with Gasteiger partial charge >= 0.3 is 0 Å². The Morgan fingerprint density at radius 1 is 1.22 bits per heavy atom. The summed E-state index contributed by atoms with van der Waals surface area (Å²) in [7, 11) is 1.63. The smallest absolute Gasteiger partial charge is 0.270 e. The minimum absolute atomic E-state index is 0.133. The van der Waals surface area contributed by atoms with E-state index in [4.69, 9.17) is 17.0 Å². The molecular weight excluding hydrogens is 444 g/mol. The molecule has 3 heterocycles. The number of ether oxygens (including phenoxy) is 1. The fourth-order valence-electron chi connectivity index (χ4n) is 4.21. The number of thioether (sulfide) groups is 1. The van der Waals surface area contributed by atoms with Crippen molar-refractivity contribution in [2.45, 2.75) is 52.5 Å². The predicted octanol–water partition coefficient (Wildman–Crippen LogP) is 3.67. The summed E-state index contributed by atoms with van der Waals surface area (Å²) in [5, 5.41) is 9.72. The second kappa shape index (κ2) is 11.1. The van der Waals surface area contributed by atoms with Crippen molar-refractivity contribution in [3.8, 4) is 6.07 Å². The number of amides is 1. The minimum atomic E-state index is -0.253. The largest absolute Gasteiger partial charge is 0.385 e. The lowest BCUT2D eigenvalue weighted by molar-refractivity contribution is -0.122. The highest BCUT2D eigenvalue weighted by Crippen LogP contribution is 2.36. The van der Waals surface area contributed by atoms with Crippen molar-refractivity contribution in [3.05, 3.63) is 31.9 Å². The van der Waals surface area contributed by atoms with Gasteiger partial charge < -0.3 is 9.64 Å². The standard InChI is InChI=1S/C23H30N4O3S2/c1-4-9-26-20(25-10-6-5-7-11-25)17(16(2)18(15-24)21(26)28)14-19-22(29)27(23(31)32-19)12-8-13-30-3/h14H,4-13H2,1-3H3/b19-14+. The molecule has 0 atom stereocenters. The molecule has 7 nitrogen and oxygen atoms in total. The van der Waals surface area contributed by atoms with Crippen LogP contribution in [0.4, 0.5) is 5.82 Å². The Morgan fingerprint density at radius 3 is 2.56 bits per heavy atom. The number of thiocarbonyl (C=S) groups is 1. The van der Waals surface area contributed by atoms with Crippen LogP contribution < -0.4 is 10.5 Å². The van der Waals surface area contributed by atoms with Crippen molar-refractivity contribution < 1.29 is 9.53 Å². The number of carbonyl (C=O) groups excluding carboxylic acids is 1. The normalized spacial score (nSPS) is 18.0. The number of aromatic nitrogens is 1. The predicted molar refractivity (Wildman–Crippen MR) is 133 cm³/mol. The second-order valence-corrected chi connectivity index (χ2v) is 9.71. The topological polar surface area (TPSA) is 78.6 Å². The maximum atomic E-state index is 13.2. The highest BCUT2D eigenvalue weighted by molar-refractivity contribution is 8.26. The van der Waals surface area contributed by atoms with E-state index in [0.717, 1.165) is 43.7 Å². The molecule has 1 aromatic heterocycles. The van der Waals surface area contributed by atoms with Gasteiger partial charge in [0.15, 0.2) is 0 Å². The highest BCUT2D eigenvalue weighted by atomic mass is 32.2. The molecule has 3 rings (SSSR count). The summed E-state index contributed by atoms with van der Waals surface area (Å²) >= 11 is 6.73. The number of nitrogens with zero attached hydrogens (tertiary/aromatic N) is 4. The van der Waals surface area contributed by atoms with Crippen LogP contribution in [-0.2, 0) is 16.1 Å². The van der Waals surface area contributed by atoms with Gasteiger partial charge in [0.25, 0.3) is 11.5 Å². The molecule has 0 aromatic carbocycles. The molecule has 1 aromatic rings. The number of hydrogen-bond donors (Lipinski definition) is 0. The zero-order chi connectivity index (χ0) is 23.3. The van der Waals surface area contributed by atoms with Crippen molar-refractivity contribution >= 4 is 46.1 Å². The Morgan fingerprint density at radius 2 is 1.94 bits per heavy atom. The summed E-state index contributed by atoms with van der Waals surface area (Å²) in [5.74, 6) is 0.685. The highest BCUT2D eigenvalue weighted by Gasteiger charge is 2.33. The molecule has 2 fully saturated rings. The van der Waals surface area contributed by atoms with Crippen molar-refractivity contribution in [2.24, 2.45) is 0 Å². The average molecular weight is 475 g/mol. The van der Waals surface area contributed by atoms with Crippen LogP contribution in [-0.4, -0.2) is 53.0 Å². The molecule has 9 heteroatoms. The van der Waals surface area contributed by atoms with Gasteiger partial charge in [0.2, 0.25) is 0 Å². The minimum Gasteiger partial charge on any atom is -0.385 e. The van der Waals surface area contributed by atoms with Crippen LogP contribution >= 0.6 is 24.0 Å². The Kier molecular flexibility index (Phi) is 8.51. The zero-order valence-electron chi connectivity index (χ0n) is 19.0. The summed E-state index contributed by atoms with van der Waals surface area (Å²) in [6.07, 6.45) is 6.59. The van der Waals surface area contributed by atoms with Gasteiger partial charge in [-0.25, -0.2) is 0 Å². The van der Waals surface area contributed by atoms with Crippen molar-refractivity contribution in [2.75, 3.05) is 38.3 Å². The number of nitriles is 1. The van der Waals surface area contributed by atoms with E-state index in [9.17, 15) is 14.9 Å². The summed E-state index contributed by atoms with van der Waals surface area (Å²) in [6, 6.07) is 2.10. The van der Waals surface area contributed by atoms with E-state index in [1.54, 1.807) is 23.5 Å². The van der Waals surface area contributed by atoms with Crippen LogP contribution in [0, 0.1) is 18.3 Å². The molecule has 0 radical (unpaired) electrons. The van der Waals surface area contributed by atoms with Gasteiger partial charge in [0, 0.05) is 45.5 Å². The Hall–Kier alpha value is -2.15. The van der Waals surface area contributed by atoms with Crippen molar-refractivity contribution in [3.63, 3.8) is 0 Å². The second-order valence-electron chi connectivity index (χ2n) is 8.03. The first kappa shape index (κ1) is 24.5. The average Bonchev–Trinajstić information content (AvgIpc) is 3.05. The van der Waals surface area contributed by atoms with Crippen LogP contribution in [0.15, 0.2) is 9.70 Å². The Balaban J connectivity index is 2.13. The summed E-state index contributed by atoms with van der Waals surface area (Å²) < 4.78 is 7.34. The first-order chi connectivity index (χ1) is 15.4. The summed E-state index contributed by atoms with van der Waals surface area (Å²) in [5.41, 5.74) is 1.28. The van der Waals surface area contributed by atoms with E-state index in [2.05, 4.69) is 11.0 Å². The van der Waals surface area contributed by atoms with E-state index in [0.29, 0.717) is 40.9 Å². The molecule has 0 bridgehead atoms. The van der Waals surface area contributed by atoms with Gasteiger partial charge in [-0.2, -0.15) is 5.26 Å². The van der Waals surface area contributed by atoms with Crippen LogP contribution in [0.1, 0.15) is 55.7 Å². The third-order valence-corrected chi connectivity index (χ3v) is 7.21. The van der Waals surface area contributed by atoms with Crippen LogP contribution in [0.3, 0.4) is 0 Å². The SMILES string of the molecule is CCCn1c(N2CCCCC2)c(/C=C2/SC(=S)N(CCCOC)C2=O)c(C)c(C#N)c1=O. The Bertz CT molecular complexity index is 1020. The van der Waals surface area contributed by atoms with Gasteiger partial charge in [-0.3, -0.25) is 19.1 Å². The molecule has 32 heavy (non-hydrogen) atoms. The van der Waals surface area contributed by atoms with Crippen LogP contribution in [0.25, 0.3) is 6.08 Å². The van der Waals surface area contributed by atoms with Gasteiger partial charge in [0.1, 0.15) is 21.8 Å². The van der Waals surface area contributed by atoms with E-state index in [1.807, 2.05) is 13.0 Å². The molecule has 0 aliphatic carbocycles. The molecule has 0 spiro atoms. The quantitative estimate of drug-likeness (QED) is 0.323. The van der Waals surface area contributed by atoms with Gasteiger partial charge in [0.05, 0.1) is 4.91 Å². The van der Waals surface area contributed by atoms with E-state index in [1.165, 1.54) is 18.2 Å². The molecular formula is C23H30N4O3S2. The first-order valence-electron chi connectivity index (χ1n) is 11.1. The third-order valence-electron chi connectivity index (χ3n) is 5.83. The molecule has 1 amide bonds. The molecule has 0 unspecified atom stereocenters. The number of rotatable bonds is 8. The van der Waals surface area contributed by atoms with E-state index in [-0.39, 0.29) is 17.0 Å². The molecule has 2 saturated heterocycles. The number of anilines is 1. The summed E-state index contributed by atoms with van der Waals surface area (Å²) in [6.45, 7) is 7.12. The van der Waals surface area contributed by atoms with E-state index < -0.39 is 0 Å². The maximum absolute atomic E-state index is 13.2. The van der Waals surface area contributed by atoms with Gasteiger partial charge in [-0.1, -0.05) is 30.9 Å². The monoisotopic (exact) mass is 474 g/mol. The van der Waals surface area contributed by atoms with Gasteiger partial charge in [-0.05, 0) is 50.7 Å². The number of methoxy groups -OCH3 is 1. The molecule has 2 aliphatic rings. The fraction of sp³-hybridized carbons (Fsp3) is 0.565. The lowest BCUT2D eigenvalue weighted by Gasteiger charge is -2.33. The number of pyridine rings is 1. The van der Waals surface area contributed by atoms with E-state index >= 15 is 0 Å². The number of hydrogen-bond acceptors (Lipinski definition) is 7. The number of piperidine rings is 1. The molecule has 2 aliphatic heterocycles. The van der Waals surface area contributed by atoms with Crippen LogP contribution in [0.5, 0.6) is 0 Å². The number of carbonyl (C=O) groups is 1. The third kappa shape index (κ3) is 4.92. The van der Waals surface area contributed by atoms with Crippen molar-refractivity contribution in [1.82, 2.24) is 9.47 Å².